The maximum Gasteiger partial charge on any atom is 0.124 e. The molecule has 3 heteroatoms. The molecule has 0 amide bonds. The Morgan fingerprint density at radius 1 is 0.950 bits per heavy atom. The summed E-state index contributed by atoms with van der Waals surface area (Å²) < 4.78 is 25.5. The van der Waals surface area contributed by atoms with Gasteiger partial charge in [0.25, 0.3) is 0 Å². The highest BCUT2D eigenvalue weighted by Crippen LogP contribution is 2.09. The van der Waals surface area contributed by atoms with Crippen LogP contribution in [0.15, 0.2) is 53.0 Å². The molecule has 0 nitrogen and oxygen atoms in total. The van der Waals surface area contributed by atoms with Gasteiger partial charge in [0.05, 0.1) is 0 Å². The number of rotatable bonds is 3. The van der Waals surface area contributed by atoms with Crippen LogP contribution >= 0.6 is 15.9 Å². The van der Waals surface area contributed by atoms with Crippen molar-refractivity contribution in [2.75, 3.05) is 0 Å². The van der Waals surface area contributed by atoms with Crippen LogP contribution in [-0.4, -0.2) is 0 Å². The van der Waals surface area contributed by atoms with Crippen LogP contribution in [0, 0.1) is 11.6 Å². The van der Waals surface area contributed by atoms with Gasteiger partial charge in [-0.25, -0.2) is 8.78 Å². The normalized spacial score (nSPS) is 9.20. The molecular weight excluding hydrogens is 322 g/mol. The van der Waals surface area contributed by atoms with Crippen LogP contribution in [0.1, 0.15) is 32.8 Å². The summed E-state index contributed by atoms with van der Waals surface area (Å²) in [4.78, 5) is 0. The summed E-state index contributed by atoms with van der Waals surface area (Å²) in [6.07, 6.45) is 3.30. The van der Waals surface area contributed by atoms with E-state index < -0.39 is 0 Å². The molecule has 0 saturated carbocycles. The molecule has 0 aliphatic rings. The Bertz CT molecular complexity index is 481. The monoisotopic (exact) mass is 342 g/mol. The molecule has 0 aromatic heterocycles. The third-order valence-corrected chi connectivity index (χ3v) is 2.99. The lowest BCUT2D eigenvalue weighted by Gasteiger charge is -1.98. The van der Waals surface area contributed by atoms with Gasteiger partial charge in [0.15, 0.2) is 0 Å². The van der Waals surface area contributed by atoms with E-state index in [4.69, 9.17) is 0 Å². The summed E-state index contributed by atoms with van der Waals surface area (Å²) in [5.74, 6) is -0.335. The van der Waals surface area contributed by atoms with Crippen molar-refractivity contribution >= 4 is 15.9 Å². The van der Waals surface area contributed by atoms with Gasteiger partial charge < -0.3 is 0 Å². The number of hydrogen-bond acceptors (Lipinski definition) is 0. The maximum absolute atomic E-state index is 12.6. The van der Waals surface area contributed by atoms with Gasteiger partial charge >= 0.3 is 0 Å². The molecule has 2 aromatic carbocycles. The van der Waals surface area contributed by atoms with Crippen molar-refractivity contribution in [3.8, 4) is 0 Å². The summed E-state index contributed by atoms with van der Waals surface area (Å²) in [6.45, 7) is 2.14. The van der Waals surface area contributed by atoms with Crippen LogP contribution in [-0.2, 0) is 6.42 Å². The molecule has 0 aliphatic heterocycles. The lowest BCUT2D eigenvalue weighted by molar-refractivity contribution is 0.624. The number of hydrogen-bond donors (Lipinski definition) is 0. The third kappa shape index (κ3) is 8.05. The largest absolute Gasteiger partial charge is 0.207 e. The Labute approximate surface area is 129 Å². The molecule has 0 heterocycles. The molecule has 110 valence electrons. The fourth-order valence-corrected chi connectivity index (χ4v) is 1.90. The molecule has 0 radical (unpaired) electrons. The molecular formula is C17H21BrF2. The Morgan fingerprint density at radius 2 is 1.55 bits per heavy atom. The third-order valence-electron chi connectivity index (χ3n) is 2.49. The average Bonchev–Trinajstić information content (AvgIpc) is 2.37. The van der Waals surface area contributed by atoms with Crippen molar-refractivity contribution in [1.29, 1.82) is 0 Å². The van der Waals surface area contributed by atoms with E-state index in [1.807, 2.05) is 6.07 Å². The molecule has 2 aromatic rings. The molecule has 0 unspecified atom stereocenters. The summed E-state index contributed by atoms with van der Waals surface area (Å²) in [5.41, 5.74) is 1.10. The molecule has 0 bridgehead atoms. The molecule has 0 atom stereocenters. The fraction of sp³-hybridized carbons (Fsp3) is 0.294. The van der Waals surface area contributed by atoms with E-state index in [-0.39, 0.29) is 19.1 Å². The highest BCUT2D eigenvalue weighted by Gasteiger charge is 1.93. The van der Waals surface area contributed by atoms with Crippen LogP contribution in [0.2, 0.25) is 0 Å². The second kappa shape index (κ2) is 10.6. The molecule has 20 heavy (non-hydrogen) atoms. The number of unbranched alkanes of at least 4 members (excludes halogenated alkanes) is 1. The van der Waals surface area contributed by atoms with E-state index in [2.05, 4.69) is 22.9 Å². The van der Waals surface area contributed by atoms with Gasteiger partial charge in [0.2, 0.25) is 0 Å². The molecule has 0 spiro atoms. The van der Waals surface area contributed by atoms with E-state index in [1.54, 1.807) is 24.3 Å². The first-order valence-electron chi connectivity index (χ1n) is 6.27. The predicted octanol–water partition coefficient (Wildman–Crippen LogP) is 6.39. The Morgan fingerprint density at radius 3 is 2.00 bits per heavy atom. The van der Waals surface area contributed by atoms with Crippen molar-refractivity contribution in [3.05, 3.63) is 70.2 Å². The van der Waals surface area contributed by atoms with Crippen molar-refractivity contribution in [2.45, 2.75) is 33.6 Å². The van der Waals surface area contributed by atoms with Crippen molar-refractivity contribution in [1.82, 2.24) is 0 Å². The fourth-order valence-electron chi connectivity index (χ4n) is 1.53. The van der Waals surface area contributed by atoms with Crippen molar-refractivity contribution in [3.63, 3.8) is 0 Å². The summed E-state index contributed by atoms with van der Waals surface area (Å²) in [5, 5.41) is 0. The summed E-state index contributed by atoms with van der Waals surface area (Å²) in [7, 11) is 0. The van der Waals surface area contributed by atoms with Crippen LogP contribution in [0.5, 0.6) is 0 Å². The molecule has 0 N–H and O–H groups in total. The highest BCUT2D eigenvalue weighted by molar-refractivity contribution is 9.10. The first kappa shape index (κ1) is 18.8. The van der Waals surface area contributed by atoms with E-state index in [0.717, 1.165) is 29.3 Å². The minimum atomic E-state index is -0.209. The van der Waals surface area contributed by atoms with E-state index in [9.17, 15) is 8.78 Å². The van der Waals surface area contributed by atoms with Crippen LogP contribution in [0.3, 0.4) is 0 Å². The lowest BCUT2D eigenvalue weighted by atomic mass is 10.1. The minimum absolute atomic E-state index is 0. The molecule has 2 rings (SSSR count). The lowest BCUT2D eigenvalue weighted by Crippen LogP contribution is -1.84. The standard InChI is InChI=1S/C10H13F.C6H4BrF.CH4/c1-2-3-5-9-6-4-7-10(11)8-9;7-5-2-1-3-6(8)4-5;/h4,6-8H,2-3,5H2,1H3;1-4H;1H4. The predicted molar refractivity (Wildman–Crippen MR) is 85.8 cm³/mol. The second-order valence-electron chi connectivity index (χ2n) is 4.17. The zero-order valence-electron chi connectivity index (χ0n) is 10.9. The Hall–Kier alpha value is -1.22. The first-order valence-corrected chi connectivity index (χ1v) is 7.06. The van der Waals surface area contributed by atoms with Crippen LogP contribution in [0.4, 0.5) is 8.78 Å². The molecule has 0 fully saturated rings. The first-order chi connectivity index (χ1) is 9.11. The van der Waals surface area contributed by atoms with Gasteiger partial charge in [-0.1, -0.05) is 54.9 Å². The van der Waals surface area contributed by atoms with Crippen molar-refractivity contribution < 1.29 is 8.78 Å². The van der Waals surface area contributed by atoms with E-state index >= 15 is 0 Å². The molecule has 0 saturated heterocycles. The summed E-state index contributed by atoms with van der Waals surface area (Å²) >= 11 is 3.12. The number of benzene rings is 2. The highest BCUT2D eigenvalue weighted by atomic mass is 79.9. The van der Waals surface area contributed by atoms with Gasteiger partial charge in [-0.3, -0.25) is 0 Å². The topological polar surface area (TPSA) is 0 Å². The molecule has 0 aliphatic carbocycles. The van der Waals surface area contributed by atoms with E-state index in [1.165, 1.54) is 18.2 Å². The van der Waals surface area contributed by atoms with Crippen LogP contribution in [0.25, 0.3) is 0 Å². The van der Waals surface area contributed by atoms with Gasteiger partial charge in [-0.15, -0.1) is 0 Å². The average molecular weight is 343 g/mol. The van der Waals surface area contributed by atoms with Gasteiger partial charge in [-0.05, 0) is 48.7 Å². The zero-order chi connectivity index (χ0) is 14.1. The Kier molecular flexibility index (Phi) is 9.91. The van der Waals surface area contributed by atoms with Crippen LogP contribution < -0.4 is 0 Å². The van der Waals surface area contributed by atoms with Crippen molar-refractivity contribution in [2.24, 2.45) is 0 Å². The summed E-state index contributed by atoms with van der Waals surface area (Å²) in [6, 6.07) is 13.1. The Balaban J connectivity index is 0.000000359. The smallest absolute Gasteiger partial charge is 0.124 e. The second-order valence-corrected chi connectivity index (χ2v) is 5.09. The minimum Gasteiger partial charge on any atom is -0.207 e. The quantitative estimate of drug-likeness (QED) is 0.605. The van der Waals surface area contributed by atoms with Gasteiger partial charge in [0, 0.05) is 4.47 Å². The maximum atomic E-state index is 12.6. The van der Waals surface area contributed by atoms with Gasteiger partial charge in [-0.2, -0.15) is 0 Å². The SMILES string of the molecule is C.CCCCc1cccc(F)c1.Fc1cccc(Br)c1. The zero-order valence-corrected chi connectivity index (χ0v) is 12.5. The number of halogens is 3. The van der Waals surface area contributed by atoms with E-state index in [0.29, 0.717) is 0 Å². The number of aryl methyl sites for hydroxylation is 1. The van der Waals surface area contributed by atoms with Gasteiger partial charge in [0.1, 0.15) is 11.6 Å².